The van der Waals surface area contributed by atoms with Crippen molar-refractivity contribution in [2.45, 2.75) is 18.9 Å². The Hall–Kier alpha value is -0.280. The van der Waals surface area contributed by atoms with Crippen molar-refractivity contribution in [1.82, 2.24) is 5.32 Å². The number of benzene rings is 1. The molecule has 0 unspecified atom stereocenters. The van der Waals surface area contributed by atoms with Crippen molar-refractivity contribution in [2.75, 3.05) is 20.3 Å². The number of halogens is 2. The lowest BCUT2D eigenvalue weighted by atomic mass is 9.89. The van der Waals surface area contributed by atoms with Gasteiger partial charge in [0, 0.05) is 28.6 Å². The smallest absolute Gasteiger partial charge is 0.0512 e. The molecule has 0 amide bonds. The normalized spacial score (nSPS) is 24.9. The summed E-state index contributed by atoms with van der Waals surface area (Å²) in [6, 6.07) is 6.13. The van der Waals surface area contributed by atoms with Crippen LogP contribution in [0.3, 0.4) is 0 Å². The van der Waals surface area contributed by atoms with Crippen LogP contribution >= 0.6 is 23.2 Å². The van der Waals surface area contributed by atoms with E-state index in [2.05, 4.69) is 5.32 Å². The number of hydrogen-bond acceptors (Lipinski definition) is 2. The molecule has 2 atom stereocenters. The van der Waals surface area contributed by atoms with Gasteiger partial charge in [-0.3, -0.25) is 0 Å². The monoisotopic (exact) mass is 273 g/mol. The summed E-state index contributed by atoms with van der Waals surface area (Å²) < 4.78 is 5.54. The molecule has 2 nitrogen and oxygen atoms in total. The van der Waals surface area contributed by atoms with Crippen molar-refractivity contribution < 1.29 is 4.74 Å². The van der Waals surface area contributed by atoms with Crippen LogP contribution in [0.5, 0.6) is 0 Å². The van der Waals surface area contributed by atoms with Crippen LogP contribution in [0.1, 0.15) is 12.0 Å². The third-order valence-corrected chi connectivity index (χ3v) is 3.94. The van der Waals surface area contributed by atoms with Gasteiger partial charge >= 0.3 is 0 Å². The SMILES string of the molecule is CN[C@H]1CCOC[C@H]1Cc1cc(Cl)ccc1Cl. The van der Waals surface area contributed by atoms with Gasteiger partial charge in [-0.2, -0.15) is 0 Å². The fourth-order valence-corrected chi connectivity index (χ4v) is 2.75. The first-order valence-corrected chi connectivity index (χ1v) is 6.65. The summed E-state index contributed by atoms with van der Waals surface area (Å²) >= 11 is 12.2. The van der Waals surface area contributed by atoms with E-state index in [1.54, 1.807) is 0 Å². The van der Waals surface area contributed by atoms with Gasteiger partial charge in [0.25, 0.3) is 0 Å². The summed E-state index contributed by atoms with van der Waals surface area (Å²) in [5, 5.41) is 4.88. The predicted octanol–water partition coefficient (Wildman–Crippen LogP) is 3.16. The maximum Gasteiger partial charge on any atom is 0.0512 e. The minimum atomic E-state index is 0.463. The first kappa shape index (κ1) is 13.2. The second-order valence-corrected chi connectivity index (χ2v) is 5.30. The molecule has 2 rings (SSSR count). The molecule has 94 valence electrons. The molecule has 0 aromatic heterocycles. The summed E-state index contributed by atoms with van der Waals surface area (Å²) in [5.41, 5.74) is 1.11. The number of hydrogen-bond donors (Lipinski definition) is 1. The summed E-state index contributed by atoms with van der Waals surface area (Å²) in [7, 11) is 2.00. The second-order valence-electron chi connectivity index (χ2n) is 4.46. The molecule has 17 heavy (non-hydrogen) atoms. The van der Waals surface area contributed by atoms with Crippen LogP contribution < -0.4 is 5.32 Å². The molecule has 4 heteroatoms. The number of nitrogens with one attached hydrogen (secondary N) is 1. The van der Waals surface area contributed by atoms with E-state index in [1.165, 1.54) is 0 Å². The van der Waals surface area contributed by atoms with Gasteiger partial charge < -0.3 is 10.1 Å². The van der Waals surface area contributed by atoms with Gasteiger partial charge in [-0.05, 0) is 43.7 Å². The molecule has 0 bridgehead atoms. The van der Waals surface area contributed by atoms with Crippen LogP contribution in [0.2, 0.25) is 10.0 Å². The maximum atomic E-state index is 6.19. The third-order valence-electron chi connectivity index (χ3n) is 3.33. The first-order chi connectivity index (χ1) is 8.20. The van der Waals surface area contributed by atoms with Gasteiger partial charge in [0.2, 0.25) is 0 Å². The van der Waals surface area contributed by atoms with Crippen LogP contribution in [0.4, 0.5) is 0 Å². The quantitative estimate of drug-likeness (QED) is 0.914. The van der Waals surface area contributed by atoms with E-state index >= 15 is 0 Å². The van der Waals surface area contributed by atoms with E-state index in [0.29, 0.717) is 12.0 Å². The molecule has 1 aromatic carbocycles. The van der Waals surface area contributed by atoms with Crippen LogP contribution in [0, 0.1) is 5.92 Å². The Morgan fingerprint density at radius 1 is 1.41 bits per heavy atom. The van der Waals surface area contributed by atoms with Crippen LogP contribution in [-0.2, 0) is 11.2 Å². The van der Waals surface area contributed by atoms with Crippen LogP contribution in [0.25, 0.3) is 0 Å². The van der Waals surface area contributed by atoms with Gasteiger partial charge in [0.15, 0.2) is 0 Å². The average molecular weight is 274 g/mol. The van der Waals surface area contributed by atoms with E-state index < -0.39 is 0 Å². The molecule has 1 saturated heterocycles. The molecule has 1 fully saturated rings. The molecular weight excluding hydrogens is 257 g/mol. The Bertz CT molecular complexity index is 384. The predicted molar refractivity (Wildman–Crippen MR) is 71.9 cm³/mol. The van der Waals surface area contributed by atoms with Crippen molar-refractivity contribution in [3.05, 3.63) is 33.8 Å². The zero-order valence-electron chi connectivity index (χ0n) is 9.88. The Kier molecular flexibility index (Phi) is 4.69. The zero-order valence-corrected chi connectivity index (χ0v) is 11.4. The van der Waals surface area contributed by atoms with Gasteiger partial charge in [-0.25, -0.2) is 0 Å². The van der Waals surface area contributed by atoms with Gasteiger partial charge in [-0.1, -0.05) is 23.2 Å². The topological polar surface area (TPSA) is 21.3 Å². The van der Waals surface area contributed by atoms with E-state index in [1.807, 2.05) is 25.2 Å². The Balaban J connectivity index is 2.10. The molecule has 1 aromatic rings. The minimum absolute atomic E-state index is 0.463. The highest BCUT2D eigenvalue weighted by Crippen LogP contribution is 2.26. The minimum Gasteiger partial charge on any atom is -0.381 e. The van der Waals surface area contributed by atoms with Crippen molar-refractivity contribution in [2.24, 2.45) is 5.92 Å². The van der Waals surface area contributed by atoms with Crippen molar-refractivity contribution in [3.63, 3.8) is 0 Å². The molecule has 0 radical (unpaired) electrons. The summed E-state index contributed by atoms with van der Waals surface area (Å²) in [4.78, 5) is 0. The third kappa shape index (κ3) is 3.35. The molecule has 1 aliphatic rings. The lowest BCUT2D eigenvalue weighted by Crippen LogP contribution is -2.41. The van der Waals surface area contributed by atoms with Crippen molar-refractivity contribution in [3.8, 4) is 0 Å². The van der Waals surface area contributed by atoms with Crippen molar-refractivity contribution in [1.29, 1.82) is 0 Å². The molecule has 1 aliphatic heterocycles. The molecular formula is C13H17Cl2NO. The van der Waals surface area contributed by atoms with E-state index in [0.717, 1.165) is 41.7 Å². The number of ether oxygens (including phenoxy) is 1. The van der Waals surface area contributed by atoms with Gasteiger partial charge in [0.1, 0.15) is 0 Å². The van der Waals surface area contributed by atoms with Gasteiger partial charge in [-0.15, -0.1) is 0 Å². The lowest BCUT2D eigenvalue weighted by Gasteiger charge is -2.31. The Morgan fingerprint density at radius 3 is 3.00 bits per heavy atom. The van der Waals surface area contributed by atoms with Crippen LogP contribution in [-0.4, -0.2) is 26.3 Å². The summed E-state index contributed by atoms with van der Waals surface area (Å²) in [5.74, 6) is 0.463. The molecule has 0 spiro atoms. The van der Waals surface area contributed by atoms with E-state index in [4.69, 9.17) is 27.9 Å². The zero-order chi connectivity index (χ0) is 12.3. The van der Waals surface area contributed by atoms with Crippen molar-refractivity contribution >= 4 is 23.2 Å². The average Bonchev–Trinajstić information content (AvgIpc) is 2.34. The number of rotatable bonds is 3. The summed E-state index contributed by atoms with van der Waals surface area (Å²) in [6.07, 6.45) is 1.96. The van der Waals surface area contributed by atoms with Crippen LogP contribution in [0.15, 0.2) is 18.2 Å². The Morgan fingerprint density at radius 2 is 2.24 bits per heavy atom. The highest BCUT2D eigenvalue weighted by molar-refractivity contribution is 6.33. The lowest BCUT2D eigenvalue weighted by molar-refractivity contribution is 0.0342. The molecule has 0 aliphatic carbocycles. The summed E-state index contributed by atoms with van der Waals surface area (Å²) in [6.45, 7) is 1.62. The fraction of sp³-hybridized carbons (Fsp3) is 0.538. The Labute approximate surface area is 112 Å². The van der Waals surface area contributed by atoms with E-state index in [9.17, 15) is 0 Å². The fourth-order valence-electron chi connectivity index (χ4n) is 2.36. The second kappa shape index (κ2) is 6.05. The first-order valence-electron chi connectivity index (χ1n) is 5.89. The molecule has 1 heterocycles. The largest absolute Gasteiger partial charge is 0.381 e. The standard InChI is InChI=1S/C13H17Cl2NO/c1-16-13-4-5-17-8-10(13)6-9-7-11(14)2-3-12(9)15/h2-3,7,10,13,16H,4-6,8H2,1H3/t10-,13+/m1/s1. The highest BCUT2D eigenvalue weighted by atomic mass is 35.5. The molecule has 0 saturated carbocycles. The maximum absolute atomic E-state index is 6.19. The van der Waals surface area contributed by atoms with E-state index in [-0.39, 0.29) is 0 Å². The van der Waals surface area contributed by atoms with Gasteiger partial charge in [0.05, 0.1) is 6.61 Å². The highest BCUT2D eigenvalue weighted by Gasteiger charge is 2.25. The molecule has 1 N–H and O–H groups in total.